The summed E-state index contributed by atoms with van der Waals surface area (Å²) in [6, 6.07) is 14.8. The van der Waals surface area contributed by atoms with Gasteiger partial charge in [-0.2, -0.15) is 28.2 Å². The normalized spacial score (nSPS) is 21.6. The molecule has 0 unspecified atom stereocenters. The second-order valence-corrected chi connectivity index (χ2v) is 17.6. The predicted octanol–water partition coefficient (Wildman–Crippen LogP) is 4.53. The lowest BCUT2D eigenvalue weighted by atomic mass is 10.0. The highest BCUT2D eigenvalue weighted by atomic mass is 35.5. The molecule has 5 N–H and O–H groups in total. The Bertz CT molecular complexity index is 3020. The Morgan fingerprint density at radius 1 is 1.04 bits per heavy atom. The first-order valence-corrected chi connectivity index (χ1v) is 22.6. The summed E-state index contributed by atoms with van der Waals surface area (Å²) in [5, 5.41) is 27.4. The maximum atomic E-state index is 14.9. The van der Waals surface area contributed by atoms with Crippen LogP contribution in [0.5, 0.6) is 11.8 Å². The highest BCUT2D eigenvalue weighted by Crippen LogP contribution is 2.36. The van der Waals surface area contributed by atoms with Crippen molar-refractivity contribution in [1.82, 2.24) is 55.0 Å². The third-order valence-corrected chi connectivity index (χ3v) is 12.4. The highest BCUT2D eigenvalue weighted by Gasteiger charge is 2.48. The number of pyridine rings is 1. The van der Waals surface area contributed by atoms with Gasteiger partial charge in [0.25, 0.3) is 11.9 Å². The van der Waals surface area contributed by atoms with Crippen molar-refractivity contribution in [3.05, 3.63) is 83.5 Å². The van der Waals surface area contributed by atoms with Gasteiger partial charge in [0.15, 0.2) is 11.8 Å². The molecule has 0 saturated carbocycles. The molecule has 8 heterocycles. The van der Waals surface area contributed by atoms with E-state index in [2.05, 4.69) is 46.1 Å². The van der Waals surface area contributed by atoms with Gasteiger partial charge in [-0.3, -0.25) is 14.3 Å². The third kappa shape index (κ3) is 10.2. The van der Waals surface area contributed by atoms with Gasteiger partial charge in [0, 0.05) is 35.9 Å². The zero-order valence-corrected chi connectivity index (χ0v) is 37.9. The number of H-pyrrole nitrogens is 1. The van der Waals surface area contributed by atoms with E-state index in [4.69, 9.17) is 35.1 Å². The average molecular weight is 993 g/mol. The predicted molar refractivity (Wildman–Crippen MR) is 242 cm³/mol. The zero-order chi connectivity index (χ0) is 48.7. The number of aromatic nitrogens is 8. The number of hydrogen-bond acceptors (Lipinski definition) is 15. The number of ether oxygens (including phenoxy) is 4. The van der Waals surface area contributed by atoms with Crippen molar-refractivity contribution in [2.45, 2.75) is 68.9 Å². The fourth-order valence-electron chi connectivity index (χ4n) is 8.73. The summed E-state index contributed by atoms with van der Waals surface area (Å²) in [5.41, 5.74) is 3.04. The van der Waals surface area contributed by atoms with Crippen LogP contribution in [0.3, 0.4) is 0 Å². The lowest BCUT2D eigenvalue weighted by molar-refractivity contribution is -0.139. The van der Waals surface area contributed by atoms with Crippen LogP contribution in [0.2, 0.25) is 5.02 Å². The van der Waals surface area contributed by atoms with Crippen LogP contribution in [0.25, 0.3) is 44.8 Å². The molecule has 0 aliphatic carbocycles. The fourth-order valence-corrected chi connectivity index (χ4v) is 8.99. The molecule has 2 aromatic carbocycles. The summed E-state index contributed by atoms with van der Waals surface area (Å²) in [5.74, 6) is -0.645. The number of carbonyl (C=O) groups is 2. The Morgan fingerprint density at radius 3 is 2.69 bits per heavy atom. The van der Waals surface area contributed by atoms with Crippen LogP contribution in [0.1, 0.15) is 22.7 Å². The standard InChI is InChI=1S/C45H45ClF4N12O8/c1-60-11-9-30(28(47)18-60)54-29-3-2-4-32-26(29)13-33(62(32)22-45(48,49)50)42-56-37(70-59-42)16-52-43(65)24-15-53-61(17-24)19-36(64)51-10-12-66-25-7-5-23(6-8-25)38-27(46)14-31-41(57-38)58-44(55-31)69-35-21-68-39-34(63)20-67-40(35)39/h2-8,13-15,17,28,30,34-35,39-40,54,63H,9-12,16,18-22H2,1H3,(H,51,64)(H,52,65)(H,55,57,58)/t28-,30+,34+,35+,39+,40+/m0/s1. The van der Waals surface area contributed by atoms with E-state index in [1.165, 1.54) is 29.2 Å². The summed E-state index contributed by atoms with van der Waals surface area (Å²) >= 11 is 6.61. The SMILES string of the molecule is CN1CC[C@@H](Nc2cccc3c2cc(-c2noc(CNC(=O)c4cnn(CC(=O)NCCOc5ccc(-c6nc7nc(O[C@@H]8CO[C@H]9[C@@H]8OC[C@H]9O)[nH]c7cc6Cl)cc5)c4)n2)n3CC(F)(F)F)[C@@H](F)C1. The lowest BCUT2D eigenvalue weighted by Gasteiger charge is -2.33. The van der Waals surface area contributed by atoms with Crippen molar-refractivity contribution in [2.24, 2.45) is 0 Å². The van der Waals surface area contributed by atoms with Gasteiger partial charge < -0.3 is 59.0 Å². The first-order valence-electron chi connectivity index (χ1n) is 22.3. The molecule has 3 aliphatic rings. The van der Waals surface area contributed by atoms with Gasteiger partial charge in [-0.15, -0.1) is 0 Å². The number of benzene rings is 2. The molecule has 70 heavy (non-hydrogen) atoms. The molecule has 2 amide bonds. The molecule has 20 nitrogen and oxygen atoms in total. The van der Waals surface area contributed by atoms with Crippen LogP contribution in [-0.4, -0.2) is 151 Å². The van der Waals surface area contributed by atoms with Crippen LogP contribution in [0, 0.1) is 0 Å². The number of piperidine rings is 1. The smallest absolute Gasteiger partial charge is 0.406 e. The van der Waals surface area contributed by atoms with Crippen molar-refractivity contribution < 1.29 is 55.7 Å². The largest absolute Gasteiger partial charge is 0.492 e. The highest BCUT2D eigenvalue weighted by molar-refractivity contribution is 6.33. The van der Waals surface area contributed by atoms with Crippen LogP contribution >= 0.6 is 11.6 Å². The van der Waals surface area contributed by atoms with E-state index in [1.807, 2.05) is 11.9 Å². The average Bonchev–Trinajstić information content (AvgIpc) is 4.20. The van der Waals surface area contributed by atoms with Crippen molar-refractivity contribution in [3.63, 3.8) is 0 Å². The second kappa shape index (κ2) is 19.5. The maximum absolute atomic E-state index is 14.9. The quantitative estimate of drug-likeness (QED) is 0.0662. The van der Waals surface area contributed by atoms with Crippen LogP contribution in [0.15, 0.2) is 71.5 Å². The number of nitrogens with one attached hydrogen (secondary N) is 4. The number of rotatable bonds is 16. The van der Waals surface area contributed by atoms with Crippen molar-refractivity contribution in [3.8, 4) is 34.5 Å². The zero-order valence-electron chi connectivity index (χ0n) is 37.2. The topological polar surface area (TPSA) is 234 Å². The Labute approximate surface area is 399 Å². The number of nitrogens with zero attached hydrogens (tertiary/aromatic N) is 8. The number of aromatic amines is 1. The van der Waals surface area contributed by atoms with Gasteiger partial charge in [-0.25, -0.2) is 9.37 Å². The minimum atomic E-state index is -4.59. The van der Waals surface area contributed by atoms with Crippen LogP contribution in [-0.2, 0) is 33.9 Å². The van der Waals surface area contributed by atoms with Gasteiger partial charge in [0.1, 0.15) is 49.9 Å². The molecular weight excluding hydrogens is 948 g/mol. The van der Waals surface area contributed by atoms with E-state index in [1.54, 1.807) is 42.5 Å². The summed E-state index contributed by atoms with van der Waals surface area (Å²) < 4.78 is 87.2. The molecule has 6 atom stereocenters. The van der Waals surface area contributed by atoms with Gasteiger partial charge >= 0.3 is 6.18 Å². The van der Waals surface area contributed by atoms with E-state index < -0.39 is 55.3 Å². The Hall–Kier alpha value is -6.86. The molecule has 3 fully saturated rings. The number of fused-ring (bicyclic) bond motifs is 3. The number of imidazole rings is 1. The Kier molecular flexibility index (Phi) is 13.1. The van der Waals surface area contributed by atoms with Crippen LogP contribution < -0.4 is 25.4 Å². The van der Waals surface area contributed by atoms with E-state index in [9.17, 15) is 32.3 Å². The molecule has 3 saturated heterocycles. The summed E-state index contributed by atoms with van der Waals surface area (Å²) in [7, 11) is 1.83. The van der Waals surface area contributed by atoms with E-state index in [0.717, 1.165) is 4.57 Å². The number of hydrogen-bond donors (Lipinski definition) is 5. The number of aliphatic hydroxyl groups is 1. The van der Waals surface area contributed by atoms with E-state index >= 15 is 0 Å². The van der Waals surface area contributed by atoms with Crippen LogP contribution in [0.4, 0.5) is 23.2 Å². The van der Waals surface area contributed by atoms with Gasteiger partial charge in [0.05, 0.1) is 71.5 Å². The minimum absolute atomic E-state index is 0.0206. The summed E-state index contributed by atoms with van der Waals surface area (Å²) in [6.07, 6.45) is -4.58. The second-order valence-electron chi connectivity index (χ2n) is 17.2. The number of alkyl halides is 4. The van der Waals surface area contributed by atoms with Crippen molar-refractivity contribution >= 4 is 51.2 Å². The molecular formula is C45H45ClF4N12O8. The molecule has 0 radical (unpaired) electrons. The third-order valence-electron chi connectivity index (χ3n) is 12.1. The van der Waals surface area contributed by atoms with Gasteiger partial charge in [-0.05, 0) is 62.0 Å². The molecule has 5 aromatic heterocycles. The Balaban J connectivity index is 0.688. The molecule has 0 bridgehead atoms. The Morgan fingerprint density at radius 2 is 1.87 bits per heavy atom. The van der Waals surface area contributed by atoms with Gasteiger partial charge in [-0.1, -0.05) is 22.8 Å². The van der Waals surface area contributed by atoms with Crippen molar-refractivity contribution in [1.29, 1.82) is 0 Å². The number of likely N-dealkylation sites (tertiary alicyclic amines) is 1. The number of aliphatic hydroxyl groups excluding tert-OH is 1. The van der Waals surface area contributed by atoms with Gasteiger partial charge in [0.2, 0.25) is 17.6 Å². The molecule has 0 spiro atoms. The monoisotopic (exact) mass is 992 g/mol. The first-order chi connectivity index (χ1) is 33.7. The molecule has 10 rings (SSSR count). The minimum Gasteiger partial charge on any atom is -0.492 e. The number of amides is 2. The lowest BCUT2D eigenvalue weighted by Crippen LogP contribution is -2.46. The maximum Gasteiger partial charge on any atom is 0.406 e. The molecule has 25 heteroatoms. The summed E-state index contributed by atoms with van der Waals surface area (Å²) in [6.45, 7) is -0.138. The molecule has 368 valence electrons. The number of carbonyl (C=O) groups excluding carboxylic acids is 2. The first kappa shape index (κ1) is 46.8. The number of halogens is 5. The number of anilines is 1. The van der Waals surface area contributed by atoms with Crippen molar-refractivity contribution in [2.75, 3.05) is 51.8 Å². The van der Waals surface area contributed by atoms with E-state index in [0.29, 0.717) is 57.2 Å². The molecule has 3 aliphatic heterocycles. The fraction of sp³-hybridized carbons (Fsp3) is 0.400. The summed E-state index contributed by atoms with van der Waals surface area (Å²) in [4.78, 5) is 44.0. The molecule has 7 aromatic rings. The van der Waals surface area contributed by atoms with E-state index in [-0.39, 0.29) is 86.4 Å².